The van der Waals surface area contributed by atoms with Crippen LogP contribution in [-0.2, 0) is 12.0 Å². The Morgan fingerprint density at radius 2 is 1.59 bits per heavy atom. The van der Waals surface area contributed by atoms with E-state index in [-0.39, 0.29) is 17.5 Å². The van der Waals surface area contributed by atoms with Gasteiger partial charge in [0.25, 0.3) is 0 Å². The van der Waals surface area contributed by atoms with Crippen molar-refractivity contribution in [1.82, 2.24) is 4.90 Å². The predicted octanol–water partition coefficient (Wildman–Crippen LogP) is 7.39. The van der Waals surface area contributed by atoms with Crippen molar-refractivity contribution in [3.8, 4) is 6.07 Å². The van der Waals surface area contributed by atoms with Crippen LogP contribution in [0.5, 0.6) is 0 Å². The molecule has 1 fully saturated rings. The minimum Gasteiger partial charge on any atom is -0.294 e. The Kier molecular flexibility index (Phi) is 8.43. The zero-order valence-corrected chi connectivity index (χ0v) is 19.7. The average Bonchev–Trinajstić information content (AvgIpc) is 2.80. The summed E-state index contributed by atoms with van der Waals surface area (Å²) in [4.78, 5) is 2.41. The molecule has 0 aliphatic heterocycles. The van der Waals surface area contributed by atoms with E-state index in [4.69, 9.17) is 0 Å². The van der Waals surface area contributed by atoms with Crippen LogP contribution in [0.3, 0.4) is 0 Å². The second kappa shape index (κ2) is 11.1. The molecule has 0 N–H and O–H groups in total. The van der Waals surface area contributed by atoms with E-state index < -0.39 is 17.0 Å². The third-order valence-electron chi connectivity index (χ3n) is 7.30. The highest BCUT2D eigenvalue weighted by molar-refractivity contribution is 5.36. The van der Waals surface area contributed by atoms with Crippen molar-refractivity contribution in [1.29, 1.82) is 5.26 Å². The van der Waals surface area contributed by atoms with Gasteiger partial charge in [0.2, 0.25) is 0 Å². The highest BCUT2D eigenvalue weighted by Gasteiger charge is 2.45. The van der Waals surface area contributed by atoms with Gasteiger partial charge < -0.3 is 0 Å². The molecular formula is C28H36F2N2. The van der Waals surface area contributed by atoms with Crippen molar-refractivity contribution in [3.05, 3.63) is 71.3 Å². The first kappa shape index (κ1) is 24.4. The van der Waals surface area contributed by atoms with Gasteiger partial charge in [-0.1, -0.05) is 55.7 Å². The molecule has 0 spiro atoms. The second-order valence-corrected chi connectivity index (χ2v) is 9.65. The Morgan fingerprint density at radius 3 is 2.16 bits per heavy atom. The van der Waals surface area contributed by atoms with Gasteiger partial charge in [0, 0.05) is 24.2 Å². The summed E-state index contributed by atoms with van der Waals surface area (Å²) in [5.74, 6) is -1.19. The molecule has 0 heterocycles. The minimum absolute atomic E-state index is 0.0125. The monoisotopic (exact) mass is 438 g/mol. The van der Waals surface area contributed by atoms with E-state index in [1.807, 2.05) is 18.2 Å². The van der Waals surface area contributed by atoms with Gasteiger partial charge in [-0.2, -0.15) is 5.26 Å². The van der Waals surface area contributed by atoms with Gasteiger partial charge >= 0.3 is 0 Å². The van der Waals surface area contributed by atoms with E-state index in [9.17, 15) is 14.0 Å². The Hall–Kier alpha value is -2.25. The lowest BCUT2D eigenvalue weighted by Crippen LogP contribution is -2.42. The van der Waals surface area contributed by atoms with E-state index in [1.54, 1.807) is 0 Å². The molecule has 0 bridgehead atoms. The number of hydrogen-bond donors (Lipinski definition) is 0. The Balaban J connectivity index is 1.88. The van der Waals surface area contributed by atoms with Crippen LogP contribution in [0.15, 0.2) is 48.5 Å². The first-order chi connectivity index (χ1) is 15.4. The summed E-state index contributed by atoms with van der Waals surface area (Å²) in [6, 6.07) is 17.3. The van der Waals surface area contributed by atoms with E-state index in [2.05, 4.69) is 43.9 Å². The maximum absolute atomic E-state index is 15.0. The molecule has 2 aromatic rings. The van der Waals surface area contributed by atoms with Crippen LogP contribution >= 0.6 is 0 Å². The Labute approximate surface area is 192 Å². The Bertz CT molecular complexity index is 879. The molecule has 2 aromatic carbocycles. The van der Waals surface area contributed by atoms with Gasteiger partial charge in [-0.3, -0.25) is 4.90 Å². The third-order valence-corrected chi connectivity index (χ3v) is 7.30. The summed E-state index contributed by atoms with van der Waals surface area (Å²) in [7, 11) is 0. The van der Waals surface area contributed by atoms with Crippen LogP contribution in [0.4, 0.5) is 8.78 Å². The second-order valence-electron chi connectivity index (χ2n) is 9.65. The first-order valence-corrected chi connectivity index (χ1v) is 12.0. The van der Waals surface area contributed by atoms with E-state index >= 15 is 0 Å². The normalized spacial score (nSPS) is 17.8. The fourth-order valence-electron chi connectivity index (χ4n) is 5.50. The van der Waals surface area contributed by atoms with Crippen molar-refractivity contribution >= 4 is 0 Å². The van der Waals surface area contributed by atoms with Gasteiger partial charge in [-0.15, -0.1) is 0 Å². The molecule has 2 unspecified atom stereocenters. The van der Waals surface area contributed by atoms with E-state index in [0.717, 1.165) is 38.6 Å². The van der Waals surface area contributed by atoms with Gasteiger partial charge in [0.05, 0.1) is 11.5 Å². The zero-order chi connectivity index (χ0) is 23.1. The van der Waals surface area contributed by atoms with Crippen molar-refractivity contribution in [2.45, 2.75) is 89.8 Å². The largest absolute Gasteiger partial charge is 0.294 e. The summed E-state index contributed by atoms with van der Waals surface area (Å²) in [6.07, 6.45) is 6.05. The van der Waals surface area contributed by atoms with Crippen molar-refractivity contribution in [2.75, 3.05) is 0 Å². The summed E-state index contributed by atoms with van der Waals surface area (Å²) >= 11 is 0. The van der Waals surface area contributed by atoms with Crippen molar-refractivity contribution in [3.63, 3.8) is 0 Å². The van der Waals surface area contributed by atoms with Gasteiger partial charge in [0.15, 0.2) is 0 Å². The minimum atomic E-state index is -1.13. The van der Waals surface area contributed by atoms with Crippen LogP contribution in [0.1, 0.15) is 76.8 Å². The van der Waals surface area contributed by atoms with E-state index in [0.29, 0.717) is 18.9 Å². The molecular weight excluding hydrogens is 402 g/mol. The molecule has 1 aliphatic carbocycles. The highest BCUT2D eigenvalue weighted by Crippen LogP contribution is 2.46. The number of benzene rings is 2. The third kappa shape index (κ3) is 5.38. The molecule has 3 rings (SSSR count). The zero-order valence-electron chi connectivity index (χ0n) is 19.7. The summed E-state index contributed by atoms with van der Waals surface area (Å²) in [5.41, 5.74) is 0.104. The topological polar surface area (TPSA) is 27.0 Å². The molecule has 0 amide bonds. The molecule has 1 aliphatic rings. The lowest BCUT2D eigenvalue weighted by Gasteiger charge is -2.40. The first-order valence-electron chi connectivity index (χ1n) is 12.0. The molecule has 2 atom stereocenters. The standard InChI is InChI=1S/C28H36F2N2/c1-21(2)32(19-23-11-6-4-7-12-23)22(3)17-18-28(20-31,24-13-8-5-9-14-24)27-25(29)15-10-16-26(27)30/h4,6-7,10-12,15-16,21-22,24H,5,8-9,13-14,17-19H2,1-3H3. The number of hydrogen-bond acceptors (Lipinski definition) is 2. The van der Waals surface area contributed by atoms with Crippen LogP contribution < -0.4 is 0 Å². The smallest absolute Gasteiger partial charge is 0.130 e. The molecule has 4 heteroatoms. The quantitative estimate of drug-likeness (QED) is 0.408. The average molecular weight is 439 g/mol. The number of rotatable bonds is 9. The van der Waals surface area contributed by atoms with Gasteiger partial charge in [-0.25, -0.2) is 8.78 Å². The lowest BCUT2D eigenvalue weighted by atomic mass is 9.63. The molecule has 0 radical (unpaired) electrons. The van der Waals surface area contributed by atoms with Crippen LogP contribution in [-0.4, -0.2) is 17.0 Å². The summed E-state index contributed by atoms with van der Waals surface area (Å²) < 4.78 is 30.0. The molecule has 0 saturated heterocycles. The molecule has 172 valence electrons. The Morgan fingerprint density at radius 1 is 0.969 bits per heavy atom. The van der Waals surface area contributed by atoms with Crippen LogP contribution in [0, 0.1) is 28.9 Å². The van der Waals surface area contributed by atoms with Crippen molar-refractivity contribution in [2.24, 2.45) is 5.92 Å². The highest BCUT2D eigenvalue weighted by atomic mass is 19.1. The fraction of sp³-hybridized carbons (Fsp3) is 0.536. The number of nitrogens with zero attached hydrogens (tertiary/aromatic N) is 2. The van der Waals surface area contributed by atoms with Gasteiger partial charge in [-0.05, 0) is 70.1 Å². The van der Waals surface area contributed by atoms with Crippen molar-refractivity contribution < 1.29 is 8.78 Å². The van der Waals surface area contributed by atoms with E-state index in [1.165, 1.54) is 23.8 Å². The summed E-state index contributed by atoms with van der Waals surface area (Å²) in [6.45, 7) is 7.34. The van der Waals surface area contributed by atoms with Gasteiger partial charge in [0.1, 0.15) is 11.6 Å². The summed E-state index contributed by atoms with van der Waals surface area (Å²) in [5, 5.41) is 10.4. The maximum atomic E-state index is 15.0. The fourth-order valence-corrected chi connectivity index (χ4v) is 5.50. The number of nitriles is 1. The predicted molar refractivity (Wildman–Crippen MR) is 126 cm³/mol. The molecule has 1 saturated carbocycles. The SMILES string of the molecule is CC(C)N(Cc1ccccc1)C(C)CCC(C#N)(c1c(F)cccc1F)C1CCCCC1. The van der Waals surface area contributed by atoms with Crippen LogP contribution in [0.2, 0.25) is 0 Å². The number of halogens is 2. The molecule has 2 nitrogen and oxygen atoms in total. The van der Waals surface area contributed by atoms with Crippen LogP contribution in [0.25, 0.3) is 0 Å². The maximum Gasteiger partial charge on any atom is 0.130 e. The molecule has 0 aromatic heterocycles. The lowest BCUT2D eigenvalue weighted by molar-refractivity contribution is 0.131. The molecule has 32 heavy (non-hydrogen) atoms.